The van der Waals surface area contributed by atoms with E-state index >= 15 is 0 Å². The maximum Gasteiger partial charge on any atom is 0.234 e. The first-order valence-corrected chi connectivity index (χ1v) is 7.37. The van der Waals surface area contributed by atoms with Crippen LogP contribution in [0.5, 0.6) is 0 Å². The lowest BCUT2D eigenvalue weighted by Crippen LogP contribution is -2.15. The predicted molar refractivity (Wildman–Crippen MR) is 79.2 cm³/mol. The molecule has 0 saturated heterocycles. The van der Waals surface area contributed by atoms with Crippen molar-refractivity contribution in [3.8, 4) is 0 Å². The van der Waals surface area contributed by atoms with Crippen molar-refractivity contribution in [3.63, 3.8) is 0 Å². The number of aromatic nitrogens is 3. The molecule has 5 nitrogen and oxygen atoms in total. The molecule has 1 aromatic carbocycles. The topological polar surface area (TPSA) is 59.8 Å². The van der Waals surface area contributed by atoms with Gasteiger partial charge in [0.25, 0.3) is 0 Å². The summed E-state index contributed by atoms with van der Waals surface area (Å²) in [4.78, 5) is 11.9. The Bertz CT molecular complexity index is 599. The van der Waals surface area contributed by atoms with Crippen LogP contribution in [0.1, 0.15) is 5.56 Å². The summed E-state index contributed by atoms with van der Waals surface area (Å²) >= 11 is 4.75. The highest BCUT2D eigenvalue weighted by molar-refractivity contribution is 9.10. The number of amides is 1. The van der Waals surface area contributed by atoms with Gasteiger partial charge in [-0.1, -0.05) is 27.7 Å². The Labute approximate surface area is 123 Å². The minimum atomic E-state index is -0.0570. The zero-order valence-corrected chi connectivity index (χ0v) is 13.0. The number of anilines is 1. The van der Waals surface area contributed by atoms with E-state index in [4.69, 9.17) is 0 Å². The van der Waals surface area contributed by atoms with Gasteiger partial charge < -0.3 is 9.88 Å². The summed E-state index contributed by atoms with van der Waals surface area (Å²) in [6, 6.07) is 5.74. The van der Waals surface area contributed by atoms with E-state index in [1.807, 2.05) is 32.2 Å². The molecule has 1 heterocycles. The molecule has 1 N–H and O–H groups in total. The number of hydrogen-bond acceptors (Lipinski definition) is 4. The third kappa shape index (κ3) is 3.81. The Morgan fingerprint density at radius 2 is 2.32 bits per heavy atom. The fourth-order valence-electron chi connectivity index (χ4n) is 1.49. The number of rotatable bonds is 4. The van der Waals surface area contributed by atoms with Gasteiger partial charge in [-0.25, -0.2) is 0 Å². The first kappa shape index (κ1) is 14.1. The lowest BCUT2D eigenvalue weighted by Gasteiger charge is -2.08. The molecule has 0 fully saturated rings. The molecule has 0 aliphatic heterocycles. The lowest BCUT2D eigenvalue weighted by molar-refractivity contribution is -0.113. The van der Waals surface area contributed by atoms with Crippen LogP contribution < -0.4 is 5.32 Å². The largest absolute Gasteiger partial charge is 0.325 e. The van der Waals surface area contributed by atoms with Crippen LogP contribution in [0, 0.1) is 6.92 Å². The molecule has 0 aliphatic carbocycles. The molecule has 0 atom stereocenters. The molecule has 1 amide bonds. The van der Waals surface area contributed by atoms with Crippen LogP contribution in [0.4, 0.5) is 5.69 Å². The highest BCUT2D eigenvalue weighted by atomic mass is 79.9. The SMILES string of the molecule is Cc1cc(Br)ccc1NC(=O)CSc1nncn1C. The molecule has 0 aliphatic rings. The average Bonchev–Trinajstić information content (AvgIpc) is 2.76. The van der Waals surface area contributed by atoms with E-state index in [1.54, 1.807) is 10.9 Å². The van der Waals surface area contributed by atoms with Gasteiger partial charge in [-0.15, -0.1) is 10.2 Å². The second-order valence-corrected chi connectivity index (χ2v) is 5.88. The van der Waals surface area contributed by atoms with Crippen LogP contribution >= 0.6 is 27.7 Å². The van der Waals surface area contributed by atoms with Gasteiger partial charge in [0.05, 0.1) is 5.75 Å². The number of nitrogens with one attached hydrogen (secondary N) is 1. The summed E-state index contributed by atoms with van der Waals surface area (Å²) in [7, 11) is 1.85. The Kier molecular flexibility index (Phi) is 4.60. The minimum absolute atomic E-state index is 0.0570. The Hall–Kier alpha value is -1.34. The monoisotopic (exact) mass is 340 g/mol. The second-order valence-electron chi connectivity index (χ2n) is 4.02. The summed E-state index contributed by atoms with van der Waals surface area (Å²) in [6.45, 7) is 1.95. The summed E-state index contributed by atoms with van der Waals surface area (Å²) in [5, 5.41) is 11.3. The van der Waals surface area contributed by atoms with E-state index in [0.717, 1.165) is 20.9 Å². The molecular weight excluding hydrogens is 328 g/mol. The number of carbonyl (C=O) groups is 1. The van der Waals surface area contributed by atoms with E-state index in [9.17, 15) is 4.79 Å². The zero-order chi connectivity index (χ0) is 13.8. The Balaban J connectivity index is 1.93. The Morgan fingerprint density at radius 1 is 1.53 bits per heavy atom. The van der Waals surface area contributed by atoms with Crippen LogP contribution in [-0.4, -0.2) is 26.4 Å². The molecule has 100 valence electrons. The van der Waals surface area contributed by atoms with Crippen molar-refractivity contribution in [3.05, 3.63) is 34.6 Å². The van der Waals surface area contributed by atoms with E-state index in [1.165, 1.54) is 11.8 Å². The van der Waals surface area contributed by atoms with Crippen LogP contribution in [0.2, 0.25) is 0 Å². The first-order valence-electron chi connectivity index (χ1n) is 5.59. The summed E-state index contributed by atoms with van der Waals surface area (Å²) in [5.41, 5.74) is 1.85. The van der Waals surface area contributed by atoms with Gasteiger partial charge >= 0.3 is 0 Å². The number of aryl methyl sites for hydroxylation is 2. The minimum Gasteiger partial charge on any atom is -0.325 e. The molecule has 19 heavy (non-hydrogen) atoms. The van der Waals surface area contributed by atoms with Crippen molar-refractivity contribution in [2.24, 2.45) is 7.05 Å². The van der Waals surface area contributed by atoms with Gasteiger partial charge in [0.15, 0.2) is 5.16 Å². The fourth-order valence-corrected chi connectivity index (χ4v) is 2.65. The third-order valence-corrected chi connectivity index (χ3v) is 3.99. The van der Waals surface area contributed by atoms with Gasteiger partial charge in [0, 0.05) is 17.2 Å². The first-order chi connectivity index (χ1) is 9.06. The number of halogens is 1. The highest BCUT2D eigenvalue weighted by Gasteiger charge is 2.08. The number of thioether (sulfide) groups is 1. The van der Waals surface area contributed by atoms with Gasteiger partial charge in [-0.05, 0) is 30.7 Å². The van der Waals surface area contributed by atoms with Crippen LogP contribution in [0.15, 0.2) is 34.2 Å². The average molecular weight is 341 g/mol. The molecule has 1 aromatic heterocycles. The van der Waals surface area contributed by atoms with Crippen molar-refractivity contribution in [1.29, 1.82) is 0 Å². The Morgan fingerprint density at radius 3 is 2.95 bits per heavy atom. The standard InChI is InChI=1S/C12H13BrN4OS/c1-8-5-9(13)3-4-10(8)15-11(18)6-19-12-16-14-7-17(12)2/h3-5,7H,6H2,1-2H3,(H,15,18). The van der Waals surface area contributed by atoms with Crippen LogP contribution in [0.3, 0.4) is 0 Å². The van der Waals surface area contributed by atoms with Crippen LogP contribution in [0.25, 0.3) is 0 Å². The summed E-state index contributed by atoms with van der Waals surface area (Å²) in [5.74, 6) is 0.251. The van der Waals surface area contributed by atoms with Gasteiger partial charge in [-0.3, -0.25) is 4.79 Å². The van der Waals surface area contributed by atoms with Crippen molar-refractivity contribution < 1.29 is 4.79 Å². The summed E-state index contributed by atoms with van der Waals surface area (Å²) < 4.78 is 2.78. The van der Waals surface area contributed by atoms with Gasteiger partial charge in [-0.2, -0.15) is 0 Å². The molecular formula is C12H13BrN4OS. The predicted octanol–water partition coefficient (Wildman–Crippen LogP) is 2.62. The fraction of sp³-hybridized carbons (Fsp3) is 0.250. The molecule has 0 spiro atoms. The zero-order valence-electron chi connectivity index (χ0n) is 10.6. The molecule has 0 bridgehead atoms. The normalized spacial score (nSPS) is 10.5. The number of benzene rings is 1. The van der Waals surface area contributed by atoms with E-state index in [0.29, 0.717) is 5.75 Å². The van der Waals surface area contributed by atoms with Crippen molar-refractivity contribution in [2.45, 2.75) is 12.1 Å². The second kappa shape index (κ2) is 6.21. The van der Waals surface area contributed by atoms with Gasteiger partial charge in [0.2, 0.25) is 5.91 Å². The maximum atomic E-state index is 11.9. The molecule has 0 saturated carbocycles. The number of hydrogen-bond donors (Lipinski definition) is 1. The highest BCUT2D eigenvalue weighted by Crippen LogP contribution is 2.20. The number of carbonyl (C=O) groups excluding carboxylic acids is 1. The van der Waals surface area contributed by atoms with Crippen LogP contribution in [-0.2, 0) is 11.8 Å². The van der Waals surface area contributed by atoms with E-state index < -0.39 is 0 Å². The third-order valence-electron chi connectivity index (χ3n) is 2.46. The van der Waals surface area contributed by atoms with Gasteiger partial charge in [0.1, 0.15) is 6.33 Å². The molecule has 7 heteroatoms. The molecule has 2 rings (SSSR count). The molecule has 2 aromatic rings. The van der Waals surface area contributed by atoms with Crippen molar-refractivity contribution in [1.82, 2.24) is 14.8 Å². The quantitative estimate of drug-likeness (QED) is 0.869. The maximum absolute atomic E-state index is 11.9. The lowest BCUT2D eigenvalue weighted by atomic mass is 10.2. The molecule has 0 radical (unpaired) electrons. The van der Waals surface area contributed by atoms with E-state index in [-0.39, 0.29) is 5.91 Å². The van der Waals surface area contributed by atoms with Crippen molar-refractivity contribution >= 4 is 39.3 Å². The van der Waals surface area contributed by atoms with E-state index in [2.05, 4.69) is 31.4 Å². The smallest absolute Gasteiger partial charge is 0.234 e. The van der Waals surface area contributed by atoms with Crippen molar-refractivity contribution in [2.75, 3.05) is 11.1 Å². The summed E-state index contributed by atoms with van der Waals surface area (Å²) in [6.07, 6.45) is 1.61. The molecule has 0 unspecified atom stereocenters. The number of nitrogens with zero attached hydrogens (tertiary/aromatic N) is 3.